The Morgan fingerprint density at radius 3 is 2.57 bits per heavy atom. The van der Waals surface area contributed by atoms with Crippen molar-refractivity contribution in [2.45, 2.75) is 11.8 Å². The number of halogens is 2. The maximum absolute atomic E-state index is 13.9. The molecule has 0 aliphatic heterocycles. The second-order valence-corrected chi connectivity index (χ2v) is 6.86. The van der Waals surface area contributed by atoms with E-state index in [0.717, 1.165) is 18.5 Å². The maximum Gasteiger partial charge on any atom is 0.296 e. The molecule has 0 bridgehead atoms. The lowest BCUT2D eigenvalue weighted by molar-refractivity contribution is 0.596. The highest BCUT2D eigenvalue weighted by atomic mass is 35.5. The summed E-state index contributed by atoms with van der Waals surface area (Å²) in [6.45, 7) is 1.63. The Morgan fingerprint density at radius 1 is 1.38 bits per heavy atom. The fraction of sp³-hybridized carbons (Fsp3) is 0.167. The van der Waals surface area contributed by atoms with Crippen LogP contribution in [0.1, 0.15) is 5.56 Å². The van der Waals surface area contributed by atoms with Crippen molar-refractivity contribution < 1.29 is 12.8 Å². The van der Waals surface area contributed by atoms with Gasteiger partial charge in [0.2, 0.25) is 0 Å². The summed E-state index contributed by atoms with van der Waals surface area (Å²) in [6.07, 6.45) is 1.81. The van der Waals surface area contributed by atoms with Gasteiger partial charge in [0, 0.05) is 11.3 Å². The van der Waals surface area contributed by atoms with E-state index in [4.69, 9.17) is 17.3 Å². The van der Waals surface area contributed by atoms with Gasteiger partial charge < -0.3 is 5.73 Å². The lowest BCUT2D eigenvalue weighted by atomic mass is 10.2. The van der Waals surface area contributed by atoms with Crippen LogP contribution in [-0.4, -0.2) is 24.5 Å². The van der Waals surface area contributed by atoms with Gasteiger partial charge in [0.15, 0.2) is 15.7 Å². The maximum atomic E-state index is 13.9. The molecule has 2 N–H and O–H groups in total. The van der Waals surface area contributed by atoms with Crippen LogP contribution >= 0.6 is 11.6 Å². The zero-order chi connectivity index (χ0) is 15.9. The van der Waals surface area contributed by atoms with Crippen molar-refractivity contribution in [1.29, 1.82) is 0 Å². The number of nitrogens with two attached hydrogens (primary N) is 1. The van der Waals surface area contributed by atoms with E-state index in [1.54, 1.807) is 6.92 Å². The van der Waals surface area contributed by atoms with Gasteiger partial charge in [-0.2, -0.15) is 9.78 Å². The second kappa shape index (κ2) is 5.12. The summed E-state index contributed by atoms with van der Waals surface area (Å²) in [5.74, 6) is -0.772. The largest absolute Gasteiger partial charge is 0.393 e. The van der Waals surface area contributed by atoms with Crippen molar-refractivity contribution in [1.82, 2.24) is 9.78 Å². The van der Waals surface area contributed by atoms with E-state index < -0.39 is 31.8 Å². The minimum atomic E-state index is -3.70. The topological polar surface area (TPSA) is 95.1 Å². The van der Waals surface area contributed by atoms with E-state index in [1.165, 1.54) is 6.07 Å². The fourth-order valence-electron chi connectivity index (χ4n) is 1.72. The van der Waals surface area contributed by atoms with E-state index in [0.29, 0.717) is 10.2 Å². The molecule has 0 amide bonds. The van der Waals surface area contributed by atoms with Crippen molar-refractivity contribution in [3.8, 4) is 5.69 Å². The Labute approximate surface area is 124 Å². The van der Waals surface area contributed by atoms with Gasteiger partial charge in [-0.15, -0.1) is 0 Å². The standard InChI is InChI=1S/C12H11ClFN3O3S/c1-6-3-9(8(14)4-7(6)13)17-12(18)11(15)10(5-16-17)21(2,19)20/h3-5H,15H2,1-2H3. The second-order valence-electron chi connectivity index (χ2n) is 4.46. The number of aryl methyl sites for hydroxylation is 1. The van der Waals surface area contributed by atoms with Crippen LogP contribution in [0.4, 0.5) is 10.1 Å². The van der Waals surface area contributed by atoms with Crippen molar-refractivity contribution in [2.24, 2.45) is 0 Å². The van der Waals surface area contributed by atoms with Crippen LogP contribution in [0, 0.1) is 12.7 Å². The molecule has 0 unspecified atom stereocenters. The number of hydrogen-bond donors (Lipinski definition) is 1. The summed E-state index contributed by atoms with van der Waals surface area (Å²) in [5, 5.41) is 3.87. The normalized spacial score (nSPS) is 11.6. The summed E-state index contributed by atoms with van der Waals surface area (Å²) in [7, 11) is -3.70. The van der Waals surface area contributed by atoms with Crippen LogP contribution < -0.4 is 11.3 Å². The molecule has 0 atom stereocenters. The van der Waals surface area contributed by atoms with E-state index >= 15 is 0 Å². The molecular formula is C12H11ClFN3O3S. The van der Waals surface area contributed by atoms with E-state index in [1.807, 2.05) is 0 Å². The molecule has 6 nitrogen and oxygen atoms in total. The first kappa shape index (κ1) is 15.5. The Morgan fingerprint density at radius 2 is 2.00 bits per heavy atom. The molecule has 9 heteroatoms. The first-order valence-electron chi connectivity index (χ1n) is 5.67. The molecule has 0 saturated carbocycles. The van der Waals surface area contributed by atoms with Gasteiger partial charge >= 0.3 is 0 Å². The molecular weight excluding hydrogens is 321 g/mol. The number of sulfone groups is 1. The van der Waals surface area contributed by atoms with Crippen molar-refractivity contribution >= 4 is 27.1 Å². The molecule has 0 radical (unpaired) electrons. The minimum absolute atomic E-state index is 0.159. The Bertz CT molecular complexity index is 893. The molecule has 1 aromatic heterocycles. The molecule has 0 saturated heterocycles. The van der Waals surface area contributed by atoms with E-state index in [-0.39, 0.29) is 10.7 Å². The van der Waals surface area contributed by atoms with Gasteiger partial charge in [0.1, 0.15) is 16.3 Å². The third kappa shape index (κ3) is 2.77. The van der Waals surface area contributed by atoms with Gasteiger partial charge in [-0.1, -0.05) is 11.6 Å². The lowest BCUT2D eigenvalue weighted by Crippen LogP contribution is -2.27. The Kier molecular flexibility index (Phi) is 3.77. The van der Waals surface area contributed by atoms with Crippen LogP contribution in [0.2, 0.25) is 5.02 Å². The van der Waals surface area contributed by atoms with Gasteiger partial charge in [-0.3, -0.25) is 4.79 Å². The number of anilines is 1. The van der Waals surface area contributed by atoms with Crippen molar-refractivity contribution in [2.75, 3.05) is 12.0 Å². The number of nitrogen functional groups attached to an aromatic ring is 1. The minimum Gasteiger partial charge on any atom is -0.393 e. The summed E-state index contributed by atoms with van der Waals surface area (Å²) in [5.41, 5.74) is 4.47. The third-order valence-corrected chi connectivity index (χ3v) is 4.37. The zero-order valence-electron chi connectivity index (χ0n) is 11.1. The summed E-state index contributed by atoms with van der Waals surface area (Å²) in [6, 6.07) is 2.37. The van der Waals surface area contributed by atoms with Crippen molar-refractivity contribution in [3.05, 3.63) is 45.1 Å². The first-order chi connectivity index (χ1) is 9.62. The van der Waals surface area contributed by atoms with Crippen LogP contribution in [0.3, 0.4) is 0 Å². The van der Waals surface area contributed by atoms with Gasteiger partial charge in [0.25, 0.3) is 5.56 Å². The van der Waals surface area contributed by atoms with E-state index in [9.17, 15) is 17.6 Å². The smallest absolute Gasteiger partial charge is 0.296 e. The SMILES string of the molecule is Cc1cc(-n2ncc(S(C)(=O)=O)c(N)c2=O)c(F)cc1Cl. The number of hydrogen-bond acceptors (Lipinski definition) is 5. The zero-order valence-corrected chi connectivity index (χ0v) is 12.7. The predicted octanol–water partition coefficient (Wildman–Crippen LogP) is 1.32. The van der Waals surface area contributed by atoms with Gasteiger partial charge in [0.05, 0.1) is 6.20 Å². The number of nitrogens with zero attached hydrogens (tertiary/aromatic N) is 2. The first-order valence-corrected chi connectivity index (χ1v) is 7.93. The van der Waals surface area contributed by atoms with Gasteiger partial charge in [-0.05, 0) is 24.6 Å². The highest BCUT2D eigenvalue weighted by molar-refractivity contribution is 7.90. The Balaban J connectivity index is 2.77. The molecule has 1 heterocycles. The van der Waals surface area contributed by atoms with Crippen molar-refractivity contribution in [3.63, 3.8) is 0 Å². The molecule has 0 aliphatic rings. The monoisotopic (exact) mass is 331 g/mol. The Hall–Kier alpha value is -1.93. The molecule has 0 aliphatic carbocycles. The molecule has 21 heavy (non-hydrogen) atoms. The summed E-state index contributed by atoms with van der Waals surface area (Å²) < 4.78 is 37.5. The molecule has 1 aromatic carbocycles. The van der Waals surface area contributed by atoms with E-state index in [2.05, 4.69) is 5.10 Å². The fourth-order valence-corrected chi connectivity index (χ4v) is 2.60. The highest BCUT2D eigenvalue weighted by Gasteiger charge is 2.19. The average Bonchev–Trinajstić information content (AvgIpc) is 2.36. The molecule has 0 fully saturated rings. The molecule has 2 aromatic rings. The lowest BCUT2D eigenvalue weighted by Gasteiger charge is -2.10. The number of rotatable bonds is 2. The van der Waals surface area contributed by atoms with Crippen LogP contribution in [0.25, 0.3) is 5.69 Å². The van der Waals surface area contributed by atoms with Crippen LogP contribution in [-0.2, 0) is 9.84 Å². The number of aromatic nitrogens is 2. The summed E-state index contributed by atoms with van der Waals surface area (Å²) in [4.78, 5) is 11.7. The summed E-state index contributed by atoms with van der Waals surface area (Å²) >= 11 is 5.78. The molecule has 0 spiro atoms. The predicted molar refractivity (Wildman–Crippen MR) is 77.1 cm³/mol. The highest BCUT2D eigenvalue weighted by Crippen LogP contribution is 2.22. The molecule has 112 valence electrons. The quantitative estimate of drug-likeness (QED) is 0.895. The molecule has 2 rings (SSSR count). The van der Waals surface area contributed by atoms with Crippen LogP contribution in [0.5, 0.6) is 0 Å². The van der Waals surface area contributed by atoms with Crippen LogP contribution in [0.15, 0.2) is 28.0 Å². The number of benzene rings is 1. The average molecular weight is 332 g/mol. The van der Waals surface area contributed by atoms with Gasteiger partial charge in [-0.25, -0.2) is 12.8 Å². The third-order valence-electron chi connectivity index (χ3n) is 2.83.